The Bertz CT molecular complexity index is 1090. The lowest BCUT2D eigenvalue weighted by Gasteiger charge is -2.21. The van der Waals surface area contributed by atoms with Crippen LogP contribution < -0.4 is 15.1 Å². The lowest BCUT2D eigenvalue weighted by molar-refractivity contribution is -0.107. The number of amides is 1. The summed E-state index contributed by atoms with van der Waals surface area (Å²) in [6.07, 6.45) is 7.73. The molecule has 1 aliphatic carbocycles. The molecule has 1 saturated carbocycles. The maximum Gasteiger partial charge on any atom is 0.229 e. The standard InChI is InChI=1S/C22H25N7O/c1-15-20-8-9-28(21(20)26-22(24-15)25-17-11-23-27(2)13-17)12-16-4-3-5-19(10-16)29(14-30)18-6-7-18/h3-5,10-11,13-14,18H,6-9,12H2,1-2H3,(H,24,25,26). The van der Waals surface area contributed by atoms with E-state index in [2.05, 4.69) is 32.4 Å². The highest BCUT2D eigenvalue weighted by Gasteiger charge is 2.29. The molecule has 1 aliphatic heterocycles. The molecule has 1 amide bonds. The average molecular weight is 403 g/mol. The number of fused-ring (bicyclic) bond motifs is 1. The number of anilines is 4. The fourth-order valence-electron chi connectivity index (χ4n) is 4.06. The molecule has 5 rings (SSSR count). The second-order valence-electron chi connectivity index (χ2n) is 8.05. The van der Waals surface area contributed by atoms with Crippen LogP contribution in [0.4, 0.5) is 23.1 Å². The first kappa shape index (κ1) is 18.6. The zero-order chi connectivity index (χ0) is 20.7. The van der Waals surface area contributed by atoms with Gasteiger partial charge in [-0.25, -0.2) is 4.98 Å². The highest BCUT2D eigenvalue weighted by molar-refractivity contribution is 5.77. The normalized spacial score (nSPS) is 15.2. The minimum absolute atomic E-state index is 0.363. The minimum Gasteiger partial charge on any atom is -0.352 e. The Morgan fingerprint density at radius 1 is 1.30 bits per heavy atom. The summed E-state index contributed by atoms with van der Waals surface area (Å²) in [5, 5.41) is 7.44. The highest BCUT2D eigenvalue weighted by Crippen LogP contribution is 2.33. The van der Waals surface area contributed by atoms with Crippen molar-refractivity contribution in [2.24, 2.45) is 7.05 Å². The Morgan fingerprint density at radius 3 is 2.90 bits per heavy atom. The maximum atomic E-state index is 11.5. The van der Waals surface area contributed by atoms with Gasteiger partial charge in [0.2, 0.25) is 12.4 Å². The molecule has 30 heavy (non-hydrogen) atoms. The molecule has 8 nitrogen and oxygen atoms in total. The quantitative estimate of drug-likeness (QED) is 0.611. The monoisotopic (exact) mass is 403 g/mol. The maximum absolute atomic E-state index is 11.5. The van der Waals surface area contributed by atoms with Gasteiger partial charge in [0.05, 0.1) is 11.9 Å². The summed E-state index contributed by atoms with van der Waals surface area (Å²) in [5.41, 5.74) is 5.22. The summed E-state index contributed by atoms with van der Waals surface area (Å²) in [6, 6.07) is 8.63. The van der Waals surface area contributed by atoms with E-state index < -0.39 is 0 Å². The Balaban J connectivity index is 1.38. The Morgan fingerprint density at radius 2 is 2.17 bits per heavy atom. The smallest absolute Gasteiger partial charge is 0.229 e. The van der Waals surface area contributed by atoms with E-state index in [0.717, 1.165) is 61.6 Å². The summed E-state index contributed by atoms with van der Waals surface area (Å²) in [6.45, 7) is 3.70. The second-order valence-corrected chi connectivity index (χ2v) is 8.05. The third-order valence-corrected chi connectivity index (χ3v) is 5.72. The van der Waals surface area contributed by atoms with Gasteiger partial charge in [0, 0.05) is 49.3 Å². The van der Waals surface area contributed by atoms with Crippen LogP contribution in [-0.4, -0.2) is 38.7 Å². The van der Waals surface area contributed by atoms with E-state index in [1.807, 2.05) is 37.2 Å². The van der Waals surface area contributed by atoms with E-state index in [4.69, 9.17) is 4.98 Å². The molecule has 2 aromatic heterocycles. The van der Waals surface area contributed by atoms with Crippen molar-refractivity contribution in [1.29, 1.82) is 0 Å². The largest absolute Gasteiger partial charge is 0.352 e. The molecule has 3 aromatic rings. The molecule has 1 aromatic carbocycles. The van der Waals surface area contributed by atoms with E-state index in [9.17, 15) is 4.79 Å². The van der Waals surface area contributed by atoms with Gasteiger partial charge in [-0.2, -0.15) is 10.1 Å². The van der Waals surface area contributed by atoms with Crippen molar-refractivity contribution in [3.8, 4) is 0 Å². The lowest BCUT2D eigenvalue weighted by Crippen LogP contribution is -2.24. The predicted octanol–water partition coefficient (Wildman–Crippen LogP) is 2.95. The van der Waals surface area contributed by atoms with Crippen LogP contribution >= 0.6 is 0 Å². The number of nitrogens with zero attached hydrogens (tertiary/aromatic N) is 6. The van der Waals surface area contributed by atoms with E-state index in [1.54, 1.807) is 10.9 Å². The molecular formula is C22H25N7O. The Labute approximate surface area is 175 Å². The van der Waals surface area contributed by atoms with Crippen molar-refractivity contribution < 1.29 is 4.79 Å². The van der Waals surface area contributed by atoms with Crippen LogP contribution in [0.2, 0.25) is 0 Å². The summed E-state index contributed by atoms with van der Waals surface area (Å²) in [7, 11) is 1.88. The van der Waals surface area contributed by atoms with Gasteiger partial charge in [-0.15, -0.1) is 0 Å². The number of carbonyl (C=O) groups excluding carboxylic acids is 1. The number of hydrogen-bond donors (Lipinski definition) is 1. The summed E-state index contributed by atoms with van der Waals surface area (Å²) in [4.78, 5) is 25.1. The van der Waals surface area contributed by atoms with Crippen molar-refractivity contribution in [3.05, 3.63) is 53.5 Å². The van der Waals surface area contributed by atoms with Crippen LogP contribution in [0.15, 0.2) is 36.7 Å². The van der Waals surface area contributed by atoms with E-state index in [0.29, 0.717) is 12.0 Å². The molecule has 0 spiro atoms. The van der Waals surface area contributed by atoms with Crippen molar-refractivity contribution in [3.63, 3.8) is 0 Å². The van der Waals surface area contributed by atoms with Crippen LogP contribution in [0.1, 0.15) is 29.7 Å². The molecule has 2 aliphatic rings. The van der Waals surface area contributed by atoms with Crippen LogP contribution in [-0.2, 0) is 24.8 Å². The molecule has 8 heteroatoms. The number of aryl methyl sites for hydroxylation is 2. The van der Waals surface area contributed by atoms with Crippen molar-refractivity contribution in [1.82, 2.24) is 19.7 Å². The average Bonchev–Trinajstić information content (AvgIpc) is 3.36. The Hall–Kier alpha value is -3.42. The first-order chi connectivity index (χ1) is 14.6. The van der Waals surface area contributed by atoms with Crippen LogP contribution in [0.25, 0.3) is 0 Å². The van der Waals surface area contributed by atoms with Gasteiger partial charge in [0.1, 0.15) is 5.82 Å². The van der Waals surface area contributed by atoms with E-state index >= 15 is 0 Å². The van der Waals surface area contributed by atoms with Crippen molar-refractivity contribution in [2.45, 2.75) is 38.8 Å². The third kappa shape index (κ3) is 3.60. The van der Waals surface area contributed by atoms with Crippen LogP contribution in [0, 0.1) is 6.92 Å². The van der Waals surface area contributed by atoms with Gasteiger partial charge < -0.3 is 15.1 Å². The van der Waals surface area contributed by atoms with E-state index in [1.165, 1.54) is 11.1 Å². The summed E-state index contributed by atoms with van der Waals surface area (Å²) in [5.74, 6) is 1.56. The summed E-state index contributed by atoms with van der Waals surface area (Å²) < 4.78 is 1.74. The molecule has 0 radical (unpaired) electrons. The van der Waals surface area contributed by atoms with Crippen molar-refractivity contribution >= 4 is 29.6 Å². The molecule has 1 N–H and O–H groups in total. The number of benzene rings is 1. The number of aromatic nitrogens is 4. The zero-order valence-corrected chi connectivity index (χ0v) is 17.2. The van der Waals surface area contributed by atoms with Gasteiger partial charge in [0.15, 0.2) is 0 Å². The predicted molar refractivity (Wildman–Crippen MR) is 116 cm³/mol. The molecule has 154 valence electrons. The molecule has 0 unspecified atom stereocenters. The molecule has 0 atom stereocenters. The lowest BCUT2D eigenvalue weighted by atomic mass is 10.1. The van der Waals surface area contributed by atoms with E-state index in [-0.39, 0.29) is 0 Å². The first-order valence-corrected chi connectivity index (χ1v) is 10.3. The Kier molecular flexibility index (Phi) is 4.61. The molecule has 0 bridgehead atoms. The topological polar surface area (TPSA) is 79.2 Å². The number of hydrogen-bond acceptors (Lipinski definition) is 6. The van der Waals surface area contributed by atoms with Crippen LogP contribution in [0.5, 0.6) is 0 Å². The number of carbonyl (C=O) groups is 1. The van der Waals surface area contributed by atoms with Gasteiger partial charge in [0.25, 0.3) is 0 Å². The summed E-state index contributed by atoms with van der Waals surface area (Å²) >= 11 is 0. The third-order valence-electron chi connectivity index (χ3n) is 5.72. The zero-order valence-electron chi connectivity index (χ0n) is 17.2. The SMILES string of the molecule is Cc1nc(Nc2cnn(C)c2)nc2c1CCN2Cc1cccc(N(C=O)C2CC2)c1. The second kappa shape index (κ2) is 7.44. The highest BCUT2D eigenvalue weighted by atomic mass is 16.1. The fourth-order valence-corrected chi connectivity index (χ4v) is 4.06. The first-order valence-electron chi connectivity index (χ1n) is 10.3. The number of rotatable bonds is 7. The minimum atomic E-state index is 0.363. The van der Waals surface area contributed by atoms with Crippen LogP contribution in [0.3, 0.4) is 0 Å². The number of nitrogens with one attached hydrogen (secondary N) is 1. The van der Waals surface area contributed by atoms with Gasteiger partial charge in [-0.3, -0.25) is 9.48 Å². The molecule has 3 heterocycles. The molecule has 1 fully saturated rings. The van der Waals surface area contributed by atoms with Crippen molar-refractivity contribution in [2.75, 3.05) is 21.7 Å². The van der Waals surface area contributed by atoms with Gasteiger partial charge >= 0.3 is 0 Å². The van der Waals surface area contributed by atoms with Gasteiger partial charge in [-0.05, 0) is 43.9 Å². The van der Waals surface area contributed by atoms with Gasteiger partial charge in [-0.1, -0.05) is 12.1 Å². The molecule has 0 saturated heterocycles. The molecular weight excluding hydrogens is 378 g/mol. The fraction of sp³-hybridized carbons (Fsp3) is 0.364.